The van der Waals surface area contributed by atoms with Gasteiger partial charge in [0.2, 0.25) is 0 Å². The maximum absolute atomic E-state index is 10.4. The topological polar surface area (TPSA) is 40.5 Å². The highest BCUT2D eigenvalue weighted by atomic mass is 79.9. The summed E-state index contributed by atoms with van der Waals surface area (Å²) in [6.07, 6.45) is 2.51. The van der Waals surface area contributed by atoms with E-state index < -0.39 is 0 Å². The molecule has 0 atom stereocenters. The van der Waals surface area contributed by atoms with E-state index in [-0.39, 0.29) is 11.5 Å². The van der Waals surface area contributed by atoms with Gasteiger partial charge in [-0.3, -0.25) is 0 Å². The first kappa shape index (κ1) is 19.2. The van der Waals surface area contributed by atoms with Crippen LogP contribution in [0.3, 0.4) is 0 Å². The van der Waals surface area contributed by atoms with Gasteiger partial charge in [-0.25, -0.2) is 0 Å². The lowest BCUT2D eigenvalue weighted by Gasteiger charge is -2.16. The first-order valence-electron chi connectivity index (χ1n) is 9.01. The molecule has 3 aromatic rings. The Morgan fingerprint density at radius 1 is 0.926 bits per heavy atom. The van der Waals surface area contributed by atoms with Gasteiger partial charge in [-0.2, -0.15) is 0 Å². The molecule has 0 fully saturated rings. The van der Waals surface area contributed by atoms with Crippen molar-refractivity contribution in [2.24, 2.45) is 0 Å². The van der Waals surface area contributed by atoms with Gasteiger partial charge in [0.15, 0.2) is 11.5 Å². The largest absolute Gasteiger partial charge is 0.504 e. The second-order valence-corrected chi connectivity index (χ2v) is 7.65. The van der Waals surface area contributed by atoms with Gasteiger partial charge in [-0.1, -0.05) is 65.0 Å². The Bertz CT molecular complexity index is 962. The van der Waals surface area contributed by atoms with Crippen LogP contribution in [0.1, 0.15) is 34.2 Å². The molecule has 2 N–H and O–H groups in total. The summed E-state index contributed by atoms with van der Waals surface area (Å²) in [6, 6.07) is 20.2. The van der Waals surface area contributed by atoms with E-state index in [4.69, 9.17) is 0 Å². The van der Waals surface area contributed by atoms with Crippen LogP contribution in [-0.2, 0) is 12.8 Å². The molecular formula is C24H23BrO2. The maximum Gasteiger partial charge on any atom is 0.161 e. The van der Waals surface area contributed by atoms with E-state index in [2.05, 4.69) is 34.6 Å². The summed E-state index contributed by atoms with van der Waals surface area (Å²) in [5.41, 5.74) is 5.33. The lowest BCUT2D eigenvalue weighted by molar-refractivity contribution is 0.396. The minimum atomic E-state index is -0.0571. The highest BCUT2D eigenvalue weighted by molar-refractivity contribution is 9.10. The number of aromatic hydroxyl groups is 2. The highest BCUT2D eigenvalue weighted by Gasteiger charge is 2.16. The monoisotopic (exact) mass is 422 g/mol. The standard InChI is InChI=1S/C24H23BrO2/c1-16(19-11-7-13-21(25)14-19)22-15-20(24(27)23(26)17(22)2)12-6-10-18-8-4-3-5-9-18/h3-5,7-9,11,13-15,26-27H,1,6,10,12H2,2H3. The van der Waals surface area contributed by atoms with Crippen molar-refractivity contribution < 1.29 is 10.2 Å². The van der Waals surface area contributed by atoms with Crippen molar-refractivity contribution in [2.75, 3.05) is 0 Å². The van der Waals surface area contributed by atoms with Crippen molar-refractivity contribution in [3.8, 4) is 11.5 Å². The number of rotatable bonds is 6. The molecule has 0 amide bonds. The zero-order valence-electron chi connectivity index (χ0n) is 15.4. The van der Waals surface area contributed by atoms with Crippen LogP contribution >= 0.6 is 15.9 Å². The summed E-state index contributed by atoms with van der Waals surface area (Å²) in [7, 11) is 0. The zero-order valence-corrected chi connectivity index (χ0v) is 17.0. The predicted molar refractivity (Wildman–Crippen MR) is 115 cm³/mol. The Balaban J connectivity index is 1.86. The molecule has 0 bridgehead atoms. The van der Waals surface area contributed by atoms with E-state index in [0.29, 0.717) is 12.0 Å². The molecule has 0 heterocycles. The Hall–Kier alpha value is -2.52. The average molecular weight is 423 g/mol. The van der Waals surface area contributed by atoms with Crippen LogP contribution in [0.2, 0.25) is 0 Å². The van der Waals surface area contributed by atoms with Crippen molar-refractivity contribution in [3.05, 3.63) is 99.5 Å². The molecule has 0 unspecified atom stereocenters. The fraction of sp³-hybridized carbons (Fsp3) is 0.167. The lowest BCUT2D eigenvalue weighted by atomic mass is 9.91. The molecule has 27 heavy (non-hydrogen) atoms. The lowest BCUT2D eigenvalue weighted by Crippen LogP contribution is -1.97. The van der Waals surface area contributed by atoms with Gasteiger partial charge in [0.25, 0.3) is 0 Å². The summed E-state index contributed by atoms with van der Waals surface area (Å²) in [6.45, 7) is 6.03. The highest BCUT2D eigenvalue weighted by Crippen LogP contribution is 2.39. The second-order valence-electron chi connectivity index (χ2n) is 6.73. The first-order valence-corrected chi connectivity index (χ1v) is 9.80. The first-order chi connectivity index (χ1) is 13.0. The van der Waals surface area contributed by atoms with Gasteiger partial charge in [0.05, 0.1) is 0 Å². The van der Waals surface area contributed by atoms with E-state index in [1.54, 1.807) is 6.92 Å². The van der Waals surface area contributed by atoms with Gasteiger partial charge in [0, 0.05) is 10.0 Å². The van der Waals surface area contributed by atoms with E-state index in [9.17, 15) is 10.2 Å². The predicted octanol–water partition coefficient (Wildman–Crippen LogP) is 6.41. The number of aryl methyl sites for hydroxylation is 2. The molecule has 0 saturated carbocycles. The zero-order chi connectivity index (χ0) is 19.4. The molecule has 138 valence electrons. The molecule has 0 radical (unpaired) electrons. The molecule has 0 aromatic heterocycles. The number of benzene rings is 3. The van der Waals surface area contributed by atoms with Gasteiger partial charge < -0.3 is 10.2 Å². The Morgan fingerprint density at radius 2 is 1.67 bits per heavy atom. The van der Waals surface area contributed by atoms with E-state index in [0.717, 1.165) is 39.6 Å². The molecule has 2 nitrogen and oxygen atoms in total. The van der Waals surface area contributed by atoms with Gasteiger partial charge >= 0.3 is 0 Å². The van der Waals surface area contributed by atoms with Crippen LogP contribution < -0.4 is 0 Å². The fourth-order valence-corrected chi connectivity index (χ4v) is 3.67. The molecule has 0 saturated heterocycles. The number of hydrogen-bond acceptors (Lipinski definition) is 2. The number of halogens is 1. The van der Waals surface area contributed by atoms with Crippen LogP contribution in [-0.4, -0.2) is 10.2 Å². The van der Waals surface area contributed by atoms with Crippen LogP contribution in [0, 0.1) is 6.92 Å². The van der Waals surface area contributed by atoms with Crippen molar-refractivity contribution >= 4 is 21.5 Å². The number of hydrogen-bond donors (Lipinski definition) is 2. The smallest absolute Gasteiger partial charge is 0.161 e. The van der Waals surface area contributed by atoms with E-state index >= 15 is 0 Å². The van der Waals surface area contributed by atoms with Gasteiger partial charge in [0.1, 0.15) is 0 Å². The fourth-order valence-electron chi connectivity index (χ4n) is 3.27. The van der Waals surface area contributed by atoms with Crippen molar-refractivity contribution in [1.82, 2.24) is 0 Å². The van der Waals surface area contributed by atoms with Gasteiger partial charge in [-0.15, -0.1) is 0 Å². The minimum Gasteiger partial charge on any atom is -0.504 e. The van der Waals surface area contributed by atoms with Crippen molar-refractivity contribution in [1.29, 1.82) is 0 Å². The average Bonchev–Trinajstić information content (AvgIpc) is 2.68. The Kier molecular flexibility index (Phi) is 6.02. The summed E-state index contributed by atoms with van der Waals surface area (Å²) in [5.74, 6) is -0.0790. The minimum absolute atomic E-state index is 0.0219. The summed E-state index contributed by atoms with van der Waals surface area (Å²) in [5, 5.41) is 20.8. The molecule has 0 aliphatic heterocycles. The molecule has 0 aliphatic carbocycles. The van der Waals surface area contributed by atoms with Crippen molar-refractivity contribution in [3.63, 3.8) is 0 Å². The third-order valence-electron chi connectivity index (χ3n) is 4.86. The third kappa shape index (κ3) is 4.42. The van der Waals surface area contributed by atoms with Crippen LogP contribution in [0.5, 0.6) is 11.5 Å². The third-order valence-corrected chi connectivity index (χ3v) is 5.35. The van der Waals surface area contributed by atoms with Crippen LogP contribution in [0.4, 0.5) is 0 Å². The molecular weight excluding hydrogens is 400 g/mol. The summed E-state index contributed by atoms with van der Waals surface area (Å²) < 4.78 is 0.977. The second kappa shape index (κ2) is 8.45. The Labute approximate surface area is 169 Å². The molecule has 3 heteroatoms. The summed E-state index contributed by atoms with van der Waals surface area (Å²) >= 11 is 3.49. The normalized spacial score (nSPS) is 10.7. The summed E-state index contributed by atoms with van der Waals surface area (Å²) in [4.78, 5) is 0. The van der Waals surface area contributed by atoms with Crippen LogP contribution in [0.15, 0.2) is 71.7 Å². The molecule has 3 aromatic carbocycles. The van der Waals surface area contributed by atoms with Crippen LogP contribution in [0.25, 0.3) is 5.57 Å². The number of phenols is 2. The van der Waals surface area contributed by atoms with Crippen molar-refractivity contribution in [2.45, 2.75) is 26.2 Å². The maximum atomic E-state index is 10.4. The van der Waals surface area contributed by atoms with Gasteiger partial charge in [-0.05, 0) is 72.2 Å². The van der Waals surface area contributed by atoms with E-state index in [1.165, 1.54) is 5.56 Å². The SMILES string of the molecule is C=C(c1cccc(Br)c1)c1cc(CCCc2ccccc2)c(O)c(O)c1C. The quantitative estimate of drug-likeness (QED) is 0.450. The molecule has 3 rings (SSSR count). The number of phenolic OH excluding ortho intramolecular Hbond substituents is 2. The van der Waals surface area contributed by atoms with E-state index in [1.807, 2.05) is 48.5 Å². The Morgan fingerprint density at radius 3 is 2.37 bits per heavy atom. The molecule has 0 spiro atoms. The molecule has 0 aliphatic rings.